The summed E-state index contributed by atoms with van der Waals surface area (Å²) in [6, 6.07) is 11.8. The third kappa shape index (κ3) is 2.94. The molecule has 2 atom stereocenters. The van der Waals surface area contributed by atoms with Crippen molar-refractivity contribution >= 4 is 11.5 Å². The molecule has 0 radical (unpaired) electrons. The van der Waals surface area contributed by atoms with Crippen molar-refractivity contribution in [1.82, 2.24) is 0 Å². The zero-order chi connectivity index (χ0) is 15.7. The van der Waals surface area contributed by atoms with Crippen LogP contribution in [-0.4, -0.2) is 11.9 Å². The number of benzene rings is 2. The molecule has 0 bridgehead atoms. The minimum absolute atomic E-state index is 0.202. The van der Waals surface area contributed by atoms with Gasteiger partial charge in [-0.15, -0.1) is 0 Å². The van der Waals surface area contributed by atoms with Gasteiger partial charge in [0.25, 0.3) is 0 Å². The van der Waals surface area contributed by atoms with Crippen LogP contribution in [0.1, 0.15) is 24.1 Å². The predicted octanol–water partition coefficient (Wildman–Crippen LogP) is 2.84. The average molecular weight is 299 g/mol. The molecule has 1 aliphatic heterocycles. The Morgan fingerprint density at radius 2 is 1.95 bits per heavy atom. The maximum Gasteiger partial charge on any atom is 0.153 e. The second-order valence-electron chi connectivity index (χ2n) is 5.46. The van der Waals surface area contributed by atoms with Crippen LogP contribution < -0.4 is 16.2 Å². The van der Waals surface area contributed by atoms with Crippen molar-refractivity contribution in [1.29, 1.82) is 0 Å². The smallest absolute Gasteiger partial charge is 0.153 e. The Balaban J connectivity index is 1.81. The van der Waals surface area contributed by atoms with Crippen LogP contribution in [0.4, 0.5) is 10.1 Å². The molecular formula is C17H18FN3O. The van der Waals surface area contributed by atoms with E-state index in [4.69, 9.17) is 16.2 Å². The van der Waals surface area contributed by atoms with Crippen molar-refractivity contribution < 1.29 is 9.13 Å². The molecule has 114 valence electrons. The van der Waals surface area contributed by atoms with E-state index in [9.17, 15) is 4.39 Å². The normalized spacial score (nSPS) is 18.1. The van der Waals surface area contributed by atoms with Gasteiger partial charge in [0, 0.05) is 6.04 Å². The molecule has 3 rings (SSSR count). The number of hydrogen-bond acceptors (Lipinski definition) is 4. The van der Waals surface area contributed by atoms with E-state index in [1.807, 2.05) is 25.1 Å². The summed E-state index contributed by atoms with van der Waals surface area (Å²) in [6.45, 7) is 1.86. The first-order valence-corrected chi connectivity index (χ1v) is 7.17. The minimum Gasteiger partial charge on any atom is -0.481 e. The van der Waals surface area contributed by atoms with E-state index in [0.29, 0.717) is 23.7 Å². The molecule has 4 N–H and O–H groups in total. The summed E-state index contributed by atoms with van der Waals surface area (Å²) in [5, 5.41) is 0. The first kappa shape index (κ1) is 14.5. The number of ether oxygens (including phenoxy) is 1. The van der Waals surface area contributed by atoms with Gasteiger partial charge in [0.05, 0.1) is 0 Å². The van der Waals surface area contributed by atoms with Gasteiger partial charge in [-0.1, -0.05) is 18.2 Å². The largest absolute Gasteiger partial charge is 0.481 e. The highest BCUT2D eigenvalue weighted by molar-refractivity contribution is 5.89. The molecule has 0 amide bonds. The van der Waals surface area contributed by atoms with E-state index in [-0.39, 0.29) is 18.0 Å². The maximum atomic E-state index is 12.9. The summed E-state index contributed by atoms with van der Waals surface area (Å²) in [6.07, 6.45) is 0.404. The van der Waals surface area contributed by atoms with Gasteiger partial charge in [-0.2, -0.15) is 0 Å². The quantitative estimate of drug-likeness (QED) is 0.915. The van der Waals surface area contributed by atoms with Crippen LogP contribution in [-0.2, 0) is 6.42 Å². The fraction of sp³-hybridized carbons (Fsp3) is 0.235. The lowest BCUT2D eigenvalue weighted by Crippen LogP contribution is -2.33. The van der Waals surface area contributed by atoms with Crippen molar-refractivity contribution in [3.05, 3.63) is 59.4 Å². The molecule has 0 saturated heterocycles. The van der Waals surface area contributed by atoms with Crippen LogP contribution in [0.25, 0.3) is 0 Å². The molecule has 2 unspecified atom stereocenters. The van der Waals surface area contributed by atoms with Gasteiger partial charge >= 0.3 is 0 Å². The summed E-state index contributed by atoms with van der Waals surface area (Å²) in [5.41, 5.74) is 14.7. The average Bonchev–Trinajstić information content (AvgIpc) is 2.50. The lowest BCUT2D eigenvalue weighted by molar-refractivity contribution is 0.281. The van der Waals surface area contributed by atoms with Gasteiger partial charge < -0.3 is 16.2 Å². The molecule has 1 heterocycles. The summed E-state index contributed by atoms with van der Waals surface area (Å²) < 4.78 is 18.6. The molecule has 0 spiro atoms. The number of nitrogens with two attached hydrogens (primary N) is 2. The van der Waals surface area contributed by atoms with Crippen molar-refractivity contribution in [2.75, 3.05) is 0 Å². The maximum absolute atomic E-state index is 12.9. The minimum atomic E-state index is -0.248. The molecule has 0 aliphatic carbocycles. The number of fused-ring (bicyclic) bond motifs is 1. The van der Waals surface area contributed by atoms with Crippen molar-refractivity contribution in [2.45, 2.75) is 25.5 Å². The van der Waals surface area contributed by atoms with Gasteiger partial charge in [-0.25, -0.2) is 9.38 Å². The van der Waals surface area contributed by atoms with Gasteiger partial charge in [0.2, 0.25) is 0 Å². The first-order chi connectivity index (χ1) is 10.5. The highest BCUT2D eigenvalue weighted by Crippen LogP contribution is 2.34. The van der Waals surface area contributed by atoms with E-state index >= 15 is 0 Å². The second-order valence-corrected chi connectivity index (χ2v) is 5.46. The van der Waals surface area contributed by atoms with E-state index in [0.717, 1.165) is 11.1 Å². The number of aliphatic imine (C=N–C) groups is 1. The standard InChI is InChI=1S/C17H18FN3O/c1-10-17(20)21-15-9-12(4-7-16(15)22-10)14(19)8-11-2-5-13(18)6-3-11/h2-7,9-10,14H,8,19H2,1H3,(H2,20,21). The Morgan fingerprint density at radius 1 is 1.23 bits per heavy atom. The third-order valence-electron chi connectivity index (χ3n) is 3.75. The Hall–Kier alpha value is -2.40. The van der Waals surface area contributed by atoms with Crippen LogP contribution >= 0.6 is 0 Å². The van der Waals surface area contributed by atoms with Gasteiger partial charge in [-0.05, 0) is 48.7 Å². The number of amidine groups is 1. The van der Waals surface area contributed by atoms with Crippen molar-refractivity contribution in [2.24, 2.45) is 16.5 Å². The van der Waals surface area contributed by atoms with Crippen LogP contribution in [0.3, 0.4) is 0 Å². The summed E-state index contributed by atoms with van der Waals surface area (Å²) >= 11 is 0. The van der Waals surface area contributed by atoms with E-state index < -0.39 is 0 Å². The monoisotopic (exact) mass is 299 g/mol. The van der Waals surface area contributed by atoms with Crippen molar-refractivity contribution in [3.8, 4) is 5.75 Å². The number of rotatable bonds is 3. The van der Waals surface area contributed by atoms with Crippen LogP contribution in [0, 0.1) is 5.82 Å². The van der Waals surface area contributed by atoms with Crippen LogP contribution in [0.5, 0.6) is 5.75 Å². The number of hydrogen-bond donors (Lipinski definition) is 2. The fourth-order valence-corrected chi connectivity index (χ4v) is 2.43. The molecule has 0 fully saturated rings. The Morgan fingerprint density at radius 3 is 2.68 bits per heavy atom. The topological polar surface area (TPSA) is 73.6 Å². The highest BCUT2D eigenvalue weighted by atomic mass is 19.1. The predicted molar refractivity (Wildman–Crippen MR) is 84.8 cm³/mol. The molecule has 22 heavy (non-hydrogen) atoms. The van der Waals surface area contributed by atoms with Gasteiger partial charge in [0.1, 0.15) is 23.1 Å². The third-order valence-corrected chi connectivity index (χ3v) is 3.75. The summed E-state index contributed by atoms with van der Waals surface area (Å²) in [7, 11) is 0. The van der Waals surface area contributed by atoms with Crippen LogP contribution in [0.15, 0.2) is 47.5 Å². The lowest BCUT2D eigenvalue weighted by Gasteiger charge is -2.22. The Kier molecular flexibility index (Phi) is 3.81. The fourth-order valence-electron chi connectivity index (χ4n) is 2.43. The van der Waals surface area contributed by atoms with E-state index in [2.05, 4.69) is 4.99 Å². The van der Waals surface area contributed by atoms with E-state index in [1.165, 1.54) is 12.1 Å². The summed E-state index contributed by atoms with van der Waals surface area (Å²) in [5.74, 6) is 0.915. The Bertz CT molecular complexity index is 712. The van der Waals surface area contributed by atoms with Gasteiger partial charge in [0.15, 0.2) is 6.10 Å². The van der Waals surface area contributed by atoms with Crippen molar-refractivity contribution in [3.63, 3.8) is 0 Å². The number of nitrogens with zero attached hydrogens (tertiary/aromatic N) is 1. The molecule has 1 aliphatic rings. The lowest BCUT2D eigenvalue weighted by atomic mass is 9.99. The summed E-state index contributed by atoms with van der Waals surface area (Å²) in [4.78, 5) is 4.35. The zero-order valence-electron chi connectivity index (χ0n) is 12.3. The van der Waals surface area contributed by atoms with Gasteiger partial charge in [-0.3, -0.25) is 0 Å². The van der Waals surface area contributed by atoms with Crippen LogP contribution in [0.2, 0.25) is 0 Å². The zero-order valence-corrected chi connectivity index (χ0v) is 12.3. The molecule has 0 saturated carbocycles. The molecule has 4 nitrogen and oxygen atoms in total. The first-order valence-electron chi connectivity index (χ1n) is 7.17. The van der Waals surface area contributed by atoms with E-state index in [1.54, 1.807) is 12.1 Å². The highest BCUT2D eigenvalue weighted by Gasteiger charge is 2.19. The Labute approximate surface area is 128 Å². The molecule has 0 aromatic heterocycles. The molecular weight excluding hydrogens is 281 g/mol. The molecule has 2 aromatic carbocycles. The SMILES string of the molecule is CC1Oc2ccc(C(N)Cc3ccc(F)cc3)cc2N=C1N. The molecule has 5 heteroatoms. The molecule has 2 aromatic rings. The number of halogens is 1. The second kappa shape index (κ2) is 5.77.